The summed E-state index contributed by atoms with van der Waals surface area (Å²) >= 11 is 3.01. The summed E-state index contributed by atoms with van der Waals surface area (Å²) in [6, 6.07) is 8.34. The molecule has 0 aliphatic rings. The number of thioether (sulfide) groups is 2. The third-order valence-electron chi connectivity index (χ3n) is 5.08. The summed E-state index contributed by atoms with van der Waals surface area (Å²) in [4.78, 5) is 26.5. The number of aromatic nitrogens is 5. The minimum absolute atomic E-state index is 0.216. The van der Waals surface area contributed by atoms with E-state index in [-0.39, 0.29) is 18.1 Å². The first-order valence-corrected chi connectivity index (χ1v) is 13.1. The number of rotatable bonds is 12. The van der Waals surface area contributed by atoms with E-state index in [9.17, 15) is 9.59 Å². The number of amides is 1. The van der Waals surface area contributed by atoms with Gasteiger partial charge in [0.25, 0.3) is 0 Å². The van der Waals surface area contributed by atoms with Crippen LogP contribution < -0.4 is 5.32 Å². The summed E-state index contributed by atoms with van der Waals surface area (Å²) in [5.41, 5.74) is 1.43. The zero-order chi connectivity index (χ0) is 25.4. The molecule has 3 rings (SSSR count). The number of hydrogen-bond donors (Lipinski definition) is 1. The SMILES string of the molecule is C=CCn1c(CSc2ccc(C)cc2)nnc1SC(CC)C(=O)Nc1c(C(=O)OCC)cnn1C. The van der Waals surface area contributed by atoms with Crippen LogP contribution in [0.2, 0.25) is 0 Å². The fourth-order valence-electron chi connectivity index (χ4n) is 3.20. The topological polar surface area (TPSA) is 104 Å². The van der Waals surface area contributed by atoms with Crippen molar-refractivity contribution in [2.45, 2.75) is 54.8 Å². The molecule has 0 fully saturated rings. The molecule has 1 amide bonds. The van der Waals surface area contributed by atoms with Gasteiger partial charge in [-0.05, 0) is 32.4 Å². The molecule has 0 aliphatic carbocycles. The summed E-state index contributed by atoms with van der Waals surface area (Å²) in [5, 5.41) is 15.9. The number of benzene rings is 1. The lowest BCUT2D eigenvalue weighted by Crippen LogP contribution is -2.27. The van der Waals surface area contributed by atoms with Gasteiger partial charge in [0.15, 0.2) is 5.16 Å². The van der Waals surface area contributed by atoms with Crippen LogP contribution in [0.4, 0.5) is 5.82 Å². The number of anilines is 1. The molecule has 1 N–H and O–H groups in total. The number of carbonyl (C=O) groups is 2. The Bertz CT molecular complexity index is 1170. The molecular weight excluding hydrogens is 484 g/mol. The van der Waals surface area contributed by atoms with E-state index in [1.165, 1.54) is 28.2 Å². The van der Waals surface area contributed by atoms with Crippen LogP contribution in [0.5, 0.6) is 0 Å². The quantitative estimate of drug-likeness (QED) is 0.214. The van der Waals surface area contributed by atoms with Crippen molar-refractivity contribution < 1.29 is 14.3 Å². The van der Waals surface area contributed by atoms with Crippen LogP contribution in [-0.2, 0) is 28.9 Å². The highest BCUT2D eigenvalue weighted by molar-refractivity contribution is 8.00. The molecule has 0 radical (unpaired) electrons. The average Bonchev–Trinajstić information content (AvgIpc) is 3.40. The maximum absolute atomic E-state index is 13.1. The lowest BCUT2D eigenvalue weighted by Gasteiger charge is -2.16. The van der Waals surface area contributed by atoms with Gasteiger partial charge in [0.1, 0.15) is 17.2 Å². The van der Waals surface area contributed by atoms with E-state index in [2.05, 4.69) is 58.4 Å². The molecule has 1 atom stereocenters. The summed E-state index contributed by atoms with van der Waals surface area (Å²) in [6.07, 6.45) is 3.73. The van der Waals surface area contributed by atoms with Gasteiger partial charge in [-0.2, -0.15) is 5.10 Å². The predicted octanol–water partition coefficient (Wildman–Crippen LogP) is 4.48. The third-order valence-corrected chi connectivity index (χ3v) is 7.43. The fraction of sp³-hybridized carbons (Fsp3) is 0.375. The molecule has 3 aromatic rings. The van der Waals surface area contributed by atoms with Crippen LogP contribution in [0.1, 0.15) is 42.0 Å². The second-order valence-electron chi connectivity index (χ2n) is 7.65. The van der Waals surface area contributed by atoms with E-state index < -0.39 is 11.2 Å². The standard InChI is InChI=1S/C24H30N6O3S2/c1-6-13-30-20(15-34-17-11-9-16(4)10-12-17)27-28-24(30)35-19(7-2)22(31)26-21-18(14-25-29(21)5)23(32)33-8-3/h6,9-12,14,19H,1,7-8,13,15H2,2-5H3,(H,26,31). The molecule has 2 heterocycles. The van der Waals surface area contributed by atoms with E-state index in [1.807, 2.05) is 11.5 Å². The first-order valence-electron chi connectivity index (χ1n) is 11.3. The number of esters is 1. The van der Waals surface area contributed by atoms with Crippen LogP contribution in [-0.4, -0.2) is 48.3 Å². The van der Waals surface area contributed by atoms with Crippen molar-refractivity contribution in [2.24, 2.45) is 7.05 Å². The van der Waals surface area contributed by atoms with Gasteiger partial charge in [-0.3, -0.25) is 9.48 Å². The zero-order valence-electron chi connectivity index (χ0n) is 20.4. The van der Waals surface area contributed by atoms with Crippen LogP contribution in [0.25, 0.3) is 0 Å². The molecule has 35 heavy (non-hydrogen) atoms. The normalized spacial score (nSPS) is 11.8. The monoisotopic (exact) mass is 514 g/mol. The van der Waals surface area contributed by atoms with Gasteiger partial charge >= 0.3 is 5.97 Å². The summed E-state index contributed by atoms with van der Waals surface area (Å²) < 4.78 is 8.49. The number of ether oxygens (including phenoxy) is 1. The van der Waals surface area contributed by atoms with Gasteiger partial charge in [0.2, 0.25) is 5.91 Å². The molecule has 0 aliphatic heterocycles. The van der Waals surface area contributed by atoms with Crippen molar-refractivity contribution in [3.63, 3.8) is 0 Å². The number of aryl methyl sites for hydroxylation is 2. The Morgan fingerprint density at radius 3 is 2.63 bits per heavy atom. The Balaban J connectivity index is 1.73. The van der Waals surface area contributed by atoms with Crippen molar-refractivity contribution in [2.75, 3.05) is 11.9 Å². The molecule has 11 heteroatoms. The number of carbonyl (C=O) groups excluding carboxylic acids is 2. The van der Waals surface area contributed by atoms with Gasteiger partial charge in [-0.1, -0.05) is 42.5 Å². The second-order valence-corrected chi connectivity index (χ2v) is 9.87. The molecule has 0 saturated heterocycles. The van der Waals surface area contributed by atoms with Crippen LogP contribution in [0, 0.1) is 6.92 Å². The molecule has 2 aromatic heterocycles. The summed E-state index contributed by atoms with van der Waals surface area (Å²) in [6.45, 7) is 10.3. The number of hydrogen-bond acceptors (Lipinski definition) is 8. The first kappa shape index (κ1) is 26.6. The van der Waals surface area contributed by atoms with Crippen LogP contribution >= 0.6 is 23.5 Å². The summed E-state index contributed by atoms with van der Waals surface area (Å²) in [5.74, 6) is 0.971. The predicted molar refractivity (Wildman–Crippen MR) is 139 cm³/mol. The number of nitrogens with one attached hydrogen (secondary N) is 1. The van der Waals surface area contributed by atoms with Gasteiger partial charge in [-0.25, -0.2) is 4.79 Å². The highest BCUT2D eigenvalue weighted by Gasteiger charge is 2.26. The molecule has 9 nitrogen and oxygen atoms in total. The summed E-state index contributed by atoms with van der Waals surface area (Å²) in [7, 11) is 1.66. The van der Waals surface area contributed by atoms with Crippen LogP contribution in [0.3, 0.4) is 0 Å². The Kier molecular flexibility index (Phi) is 9.55. The maximum atomic E-state index is 13.1. The molecule has 1 aromatic carbocycles. The van der Waals surface area contributed by atoms with Crippen molar-refractivity contribution >= 4 is 41.2 Å². The van der Waals surface area contributed by atoms with Gasteiger partial charge < -0.3 is 14.6 Å². The maximum Gasteiger partial charge on any atom is 0.343 e. The fourth-order valence-corrected chi connectivity index (χ4v) is 5.02. The molecule has 1 unspecified atom stereocenters. The van der Waals surface area contributed by atoms with Gasteiger partial charge in [0.05, 0.1) is 23.8 Å². The van der Waals surface area contributed by atoms with E-state index in [0.717, 1.165) is 10.7 Å². The zero-order valence-corrected chi connectivity index (χ0v) is 22.0. The molecule has 0 bridgehead atoms. The van der Waals surface area contributed by atoms with Crippen molar-refractivity contribution in [3.8, 4) is 0 Å². The van der Waals surface area contributed by atoms with E-state index >= 15 is 0 Å². The lowest BCUT2D eigenvalue weighted by atomic mass is 10.2. The highest BCUT2D eigenvalue weighted by Crippen LogP contribution is 2.29. The molecular formula is C24H30N6O3S2. The average molecular weight is 515 g/mol. The van der Waals surface area contributed by atoms with Crippen molar-refractivity contribution in [1.29, 1.82) is 0 Å². The minimum Gasteiger partial charge on any atom is -0.462 e. The third kappa shape index (κ3) is 6.76. The molecule has 0 saturated carbocycles. The second kappa shape index (κ2) is 12.6. The van der Waals surface area contributed by atoms with Crippen molar-refractivity contribution in [1.82, 2.24) is 24.5 Å². The Hall–Kier alpha value is -3.05. The smallest absolute Gasteiger partial charge is 0.343 e. The highest BCUT2D eigenvalue weighted by atomic mass is 32.2. The number of nitrogens with zero attached hydrogens (tertiary/aromatic N) is 5. The minimum atomic E-state index is -0.530. The molecule has 0 spiro atoms. The van der Waals surface area contributed by atoms with E-state index in [4.69, 9.17) is 4.74 Å². The van der Waals surface area contributed by atoms with Gasteiger partial charge in [-0.15, -0.1) is 28.5 Å². The van der Waals surface area contributed by atoms with Crippen molar-refractivity contribution in [3.05, 3.63) is 60.1 Å². The van der Waals surface area contributed by atoms with E-state index in [0.29, 0.717) is 29.7 Å². The van der Waals surface area contributed by atoms with Gasteiger partial charge in [0, 0.05) is 18.5 Å². The number of allylic oxidation sites excluding steroid dienone is 1. The Morgan fingerprint density at radius 2 is 1.97 bits per heavy atom. The largest absolute Gasteiger partial charge is 0.462 e. The van der Waals surface area contributed by atoms with E-state index in [1.54, 1.807) is 31.8 Å². The lowest BCUT2D eigenvalue weighted by molar-refractivity contribution is -0.115. The molecule has 186 valence electrons. The Morgan fingerprint density at radius 1 is 1.23 bits per heavy atom. The first-order chi connectivity index (χ1) is 16.9. The Labute approximate surface area is 213 Å². The van der Waals surface area contributed by atoms with Crippen LogP contribution in [0.15, 0.2) is 53.2 Å².